The molecule has 8 heteroatoms. The molecule has 1 amide bonds. The van der Waals surface area contributed by atoms with E-state index < -0.39 is 0 Å². The molecule has 3 aliphatic rings. The number of hydrogen-bond acceptors (Lipinski definition) is 6. The summed E-state index contributed by atoms with van der Waals surface area (Å²) < 4.78 is 1.58. The van der Waals surface area contributed by atoms with Crippen molar-refractivity contribution >= 4 is 5.91 Å². The van der Waals surface area contributed by atoms with Gasteiger partial charge in [-0.25, -0.2) is 4.68 Å². The summed E-state index contributed by atoms with van der Waals surface area (Å²) in [6.45, 7) is 3.87. The van der Waals surface area contributed by atoms with Gasteiger partial charge in [-0.1, -0.05) is 24.3 Å². The van der Waals surface area contributed by atoms with Crippen LogP contribution < -0.4 is 0 Å². The molecule has 2 saturated heterocycles. The van der Waals surface area contributed by atoms with Crippen LogP contribution in [0, 0.1) is 11.3 Å². The van der Waals surface area contributed by atoms with Gasteiger partial charge in [-0.15, -0.1) is 5.10 Å². The lowest BCUT2D eigenvalue weighted by molar-refractivity contribution is -0.131. The minimum atomic E-state index is -0.181. The van der Waals surface area contributed by atoms with Gasteiger partial charge in [-0.05, 0) is 40.3 Å². The third kappa shape index (κ3) is 3.00. The highest BCUT2D eigenvalue weighted by Gasteiger charge is 2.54. The first-order valence-electron chi connectivity index (χ1n) is 10.1. The van der Waals surface area contributed by atoms with Crippen molar-refractivity contribution in [1.29, 1.82) is 0 Å². The Kier molecular flexibility index (Phi) is 4.40. The van der Waals surface area contributed by atoms with Gasteiger partial charge < -0.3 is 10.0 Å². The first-order valence-corrected chi connectivity index (χ1v) is 10.1. The van der Waals surface area contributed by atoms with E-state index in [1.165, 1.54) is 17.5 Å². The number of carbonyl (C=O) groups excluding carboxylic acids is 1. The minimum absolute atomic E-state index is 0.123. The zero-order valence-corrected chi connectivity index (χ0v) is 15.9. The van der Waals surface area contributed by atoms with Crippen LogP contribution in [-0.4, -0.2) is 79.8 Å². The second-order valence-corrected chi connectivity index (χ2v) is 8.57. The van der Waals surface area contributed by atoms with E-state index in [2.05, 4.69) is 44.7 Å². The number of aliphatic hydroxyl groups excluding tert-OH is 1. The van der Waals surface area contributed by atoms with E-state index in [0.717, 1.165) is 32.5 Å². The number of rotatable bonds is 5. The third-order valence-corrected chi connectivity index (χ3v) is 6.95. The summed E-state index contributed by atoms with van der Waals surface area (Å²) in [6.07, 6.45) is 4.11. The molecule has 0 saturated carbocycles. The van der Waals surface area contributed by atoms with E-state index in [1.54, 1.807) is 4.68 Å². The van der Waals surface area contributed by atoms with E-state index in [1.807, 2.05) is 4.90 Å². The molecular weight excluding hydrogens is 356 g/mol. The predicted molar refractivity (Wildman–Crippen MR) is 101 cm³/mol. The molecule has 0 spiro atoms. The Labute approximate surface area is 164 Å². The van der Waals surface area contributed by atoms with Crippen LogP contribution >= 0.6 is 0 Å². The molecule has 5 rings (SSSR count). The van der Waals surface area contributed by atoms with Crippen molar-refractivity contribution in [2.45, 2.75) is 31.8 Å². The van der Waals surface area contributed by atoms with Crippen molar-refractivity contribution < 1.29 is 9.90 Å². The average Bonchev–Trinajstić information content (AvgIpc) is 3.47. The molecule has 0 radical (unpaired) electrons. The fraction of sp³-hybridized carbons (Fsp3) is 0.600. The van der Waals surface area contributed by atoms with Crippen LogP contribution in [-0.2, 0) is 24.2 Å². The molecule has 1 aromatic heterocycles. The van der Waals surface area contributed by atoms with Crippen molar-refractivity contribution in [3.05, 3.63) is 41.7 Å². The number of amides is 1. The molecule has 2 aromatic rings. The summed E-state index contributed by atoms with van der Waals surface area (Å²) in [5.74, 6) is 0.468. The number of aryl methyl sites for hydroxylation is 1. The maximum atomic E-state index is 12.7. The monoisotopic (exact) mass is 382 g/mol. The Balaban J connectivity index is 1.21. The maximum absolute atomic E-state index is 12.7. The van der Waals surface area contributed by atoms with Crippen molar-refractivity contribution in [2.24, 2.45) is 11.3 Å². The molecule has 1 aliphatic carbocycles. The molecule has 8 nitrogen and oxygen atoms in total. The highest BCUT2D eigenvalue weighted by Crippen LogP contribution is 2.44. The largest absolute Gasteiger partial charge is 0.396 e. The molecule has 28 heavy (non-hydrogen) atoms. The molecule has 3 heterocycles. The SMILES string of the molecule is O=C(CCn1cnnn1)N1CC2CN(C3Cc4ccccc4C3)CC2(CO)C1. The molecule has 1 N–H and O–H groups in total. The summed E-state index contributed by atoms with van der Waals surface area (Å²) in [5, 5.41) is 21.3. The lowest BCUT2D eigenvalue weighted by Gasteiger charge is -2.30. The van der Waals surface area contributed by atoms with Crippen molar-refractivity contribution in [1.82, 2.24) is 30.0 Å². The molecular formula is C20H26N6O2. The first-order chi connectivity index (χ1) is 13.7. The van der Waals surface area contributed by atoms with Gasteiger partial charge in [0, 0.05) is 44.1 Å². The topological polar surface area (TPSA) is 87.4 Å². The summed E-state index contributed by atoms with van der Waals surface area (Å²) in [7, 11) is 0. The Morgan fingerprint density at radius 3 is 2.61 bits per heavy atom. The molecule has 1 aromatic carbocycles. The van der Waals surface area contributed by atoms with Crippen LogP contribution in [0.4, 0.5) is 0 Å². The van der Waals surface area contributed by atoms with E-state index in [0.29, 0.717) is 31.5 Å². The quantitative estimate of drug-likeness (QED) is 0.782. The van der Waals surface area contributed by atoms with Crippen LogP contribution in [0.1, 0.15) is 17.5 Å². The second kappa shape index (κ2) is 6.93. The Bertz CT molecular complexity index is 831. The minimum Gasteiger partial charge on any atom is -0.396 e. The number of aliphatic hydroxyl groups is 1. The Hall–Kier alpha value is -2.32. The third-order valence-electron chi connectivity index (χ3n) is 6.95. The fourth-order valence-electron chi connectivity index (χ4n) is 5.36. The van der Waals surface area contributed by atoms with E-state index in [9.17, 15) is 9.90 Å². The second-order valence-electron chi connectivity index (χ2n) is 8.57. The highest BCUT2D eigenvalue weighted by atomic mass is 16.3. The molecule has 0 bridgehead atoms. The maximum Gasteiger partial charge on any atom is 0.224 e. The van der Waals surface area contributed by atoms with E-state index in [-0.39, 0.29) is 17.9 Å². The zero-order valence-electron chi connectivity index (χ0n) is 15.9. The first kappa shape index (κ1) is 17.8. The lowest BCUT2D eigenvalue weighted by Crippen LogP contribution is -2.42. The number of fused-ring (bicyclic) bond motifs is 2. The highest BCUT2D eigenvalue weighted by molar-refractivity contribution is 5.76. The van der Waals surface area contributed by atoms with Crippen LogP contribution in [0.2, 0.25) is 0 Å². The van der Waals surface area contributed by atoms with Crippen LogP contribution in [0.5, 0.6) is 0 Å². The normalized spacial score (nSPS) is 27.3. The van der Waals surface area contributed by atoms with Gasteiger partial charge in [0.2, 0.25) is 5.91 Å². The lowest BCUT2D eigenvalue weighted by atomic mass is 9.82. The van der Waals surface area contributed by atoms with Gasteiger partial charge >= 0.3 is 0 Å². The van der Waals surface area contributed by atoms with Crippen molar-refractivity contribution in [2.75, 3.05) is 32.8 Å². The zero-order chi connectivity index (χ0) is 19.1. The molecule has 2 unspecified atom stereocenters. The molecule has 2 fully saturated rings. The summed E-state index contributed by atoms with van der Waals surface area (Å²) >= 11 is 0. The number of aromatic nitrogens is 4. The fourth-order valence-corrected chi connectivity index (χ4v) is 5.36. The number of carbonyl (C=O) groups is 1. The van der Waals surface area contributed by atoms with Gasteiger partial charge in [-0.3, -0.25) is 9.69 Å². The van der Waals surface area contributed by atoms with Crippen LogP contribution in [0.15, 0.2) is 30.6 Å². The van der Waals surface area contributed by atoms with E-state index >= 15 is 0 Å². The average molecular weight is 382 g/mol. The summed E-state index contributed by atoms with van der Waals surface area (Å²) in [4.78, 5) is 17.2. The van der Waals surface area contributed by atoms with E-state index in [4.69, 9.17) is 0 Å². The standard InChI is InChI=1S/C20H26N6O2/c27-13-20-11-24(18-7-15-3-1-2-4-16(15)8-18)9-17(20)10-25(12-20)19(28)5-6-26-14-21-22-23-26/h1-4,14,17-18,27H,5-13H2. The Morgan fingerprint density at radius 2 is 1.96 bits per heavy atom. The van der Waals surface area contributed by atoms with Crippen molar-refractivity contribution in [3.63, 3.8) is 0 Å². The van der Waals surface area contributed by atoms with Gasteiger partial charge in [0.1, 0.15) is 6.33 Å². The number of likely N-dealkylation sites (tertiary alicyclic amines) is 2. The molecule has 2 atom stereocenters. The smallest absolute Gasteiger partial charge is 0.224 e. The van der Waals surface area contributed by atoms with Gasteiger partial charge in [0.15, 0.2) is 0 Å². The molecule has 148 valence electrons. The Morgan fingerprint density at radius 1 is 1.18 bits per heavy atom. The number of tetrazole rings is 1. The van der Waals surface area contributed by atoms with Crippen LogP contribution in [0.3, 0.4) is 0 Å². The van der Waals surface area contributed by atoms with Gasteiger partial charge in [0.25, 0.3) is 0 Å². The number of hydrogen-bond donors (Lipinski definition) is 1. The van der Waals surface area contributed by atoms with Crippen LogP contribution in [0.25, 0.3) is 0 Å². The van der Waals surface area contributed by atoms with Crippen molar-refractivity contribution in [3.8, 4) is 0 Å². The summed E-state index contributed by atoms with van der Waals surface area (Å²) in [6, 6.07) is 9.23. The summed E-state index contributed by atoms with van der Waals surface area (Å²) in [5.41, 5.74) is 2.74. The van der Waals surface area contributed by atoms with Gasteiger partial charge in [-0.2, -0.15) is 0 Å². The van der Waals surface area contributed by atoms with Gasteiger partial charge in [0.05, 0.1) is 13.2 Å². The predicted octanol–water partition coefficient (Wildman–Crippen LogP) is -0.0167. The molecule has 2 aliphatic heterocycles. The number of benzene rings is 1. The number of nitrogens with zero attached hydrogens (tertiary/aromatic N) is 6.